The summed E-state index contributed by atoms with van der Waals surface area (Å²) in [5, 5.41) is 10.3. The van der Waals surface area contributed by atoms with Crippen LogP contribution in [-0.2, 0) is 0 Å². The number of nitrogens with zero attached hydrogens (tertiary/aromatic N) is 3. The number of pyridine rings is 1. The second-order valence-corrected chi connectivity index (χ2v) is 7.81. The van der Waals surface area contributed by atoms with Crippen molar-refractivity contribution >= 4 is 17.5 Å². The number of rotatable bonds is 5. The minimum Gasteiger partial charge on any atom is -0.350 e. The number of anilines is 1. The van der Waals surface area contributed by atoms with Gasteiger partial charge in [-0.2, -0.15) is 5.10 Å². The Morgan fingerprint density at radius 3 is 2.40 bits per heavy atom. The maximum absolute atomic E-state index is 13.2. The first-order chi connectivity index (χ1) is 14.2. The molecule has 0 bridgehead atoms. The van der Waals surface area contributed by atoms with Gasteiger partial charge in [0.05, 0.1) is 16.9 Å². The van der Waals surface area contributed by atoms with E-state index in [9.17, 15) is 9.59 Å². The molecule has 156 valence electrons. The first-order valence-electron chi connectivity index (χ1n) is 9.89. The molecule has 0 atom stereocenters. The Balaban J connectivity index is 2.02. The fourth-order valence-corrected chi connectivity index (χ4v) is 3.35. The van der Waals surface area contributed by atoms with Crippen molar-refractivity contribution in [2.24, 2.45) is 0 Å². The van der Waals surface area contributed by atoms with Crippen molar-refractivity contribution in [1.29, 1.82) is 0 Å². The zero-order valence-electron chi connectivity index (χ0n) is 18.2. The lowest BCUT2D eigenvalue weighted by atomic mass is 10.0. The highest BCUT2D eigenvalue weighted by Crippen LogP contribution is 2.24. The molecule has 0 unspecified atom stereocenters. The van der Waals surface area contributed by atoms with Gasteiger partial charge in [-0.05, 0) is 76.4 Å². The van der Waals surface area contributed by atoms with Crippen molar-refractivity contribution in [2.45, 2.75) is 47.6 Å². The molecular formula is C23H27N5O2. The van der Waals surface area contributed by atoms with Crippen LogP contribution in [-0.4, -0.2) is 32.6 Å². The summed E-state index contributed by atoms with van der Waals surface area (Å²) >= 11 is 0. The van der Waals surface area contributed by atoms with Crippen LogP contribution in [0.25, 0.3) is 5.82 Å². The van der Waals surface area contributed by atoms with E-state index in [-0.39, 0.29) is 17.9 Å². The third-order valence-electron chi connectivity index (χ3n) is 4.63. The van der Waals surface area contributed by atoms with E-state index < -0.39 is 0 Å². The molecule has 0 aliphatic carbocycles. The molecule has 7 nitrogen and oxygen atoms in total. The van der Waals surface area contributed by atoms with Gasteiger partial charge in [0.15, 0.2) is 5.82 Å². The lowest BCUT2D eigenvalue weighted by molar-refractivity contribution is 0.0944. The molecule has 30 heavy (non-hydrogen) atoms. The highest BCUT2D eigenvalue weighted by Gasteiger charge is 2.21. The monoisotopic (exact) mass is 405 g/mol. The summed E-state index contributed by atoms with van der Waals surface area (Å²) in [5.41, 5.74) is 4.64. The Bertz CT molecular complexity index is 1110. The quantitative estimate of drug-likeness (QED) is 0.674. The minimum atomic E-state index is -0.355. The number of nitrogens with one attached hydrogen (secondary N) is 2. The van der Waals surface area contributed by atoms with Crippen LogP contribution in [0.5, 0.6) is 0 Å². The van der Waals surface area contributed by atoms with Gasteiger partial charge in [0.2, 0.25) is 0 Å². The number of hydrogen-bond acceptors (Lipinski definition) is 4. The van der Waals surface area contributed by atoms with Gasteiger partial charge < -0.3 is 10.6 Å². The van der Waals surface area contributed by atoms with E-state index in [1.807, 2.05) is 59.7 Å². The molecule has 0 radical (unpaired) electrons. The van der Waals surface area contributed by atoms with Crippen LogP contribution < -0.4 is 10.6 Å². The van der Waals surface area contributed by atoms with Crippen molar-refractivity contribution in [3.05, 3.63) is 70.2 Å². The number of hydrogen-bond donors (Lipinski definition) is 2. The molecule has 0 saturated heterocycles. The third-order valence-corrected chi connectivity index (χ3v) is 4.63. The van der Waals surface area contributed by atoms with Crippen LogP contribution in [0.3, 0.4) is 0 Å². The van der Waals surface area contributed by atoms with Crippen molar-refractivity contribution in [1.82, 2.24) is 20.1 Å². The predicted molar refractivity (Wildman–Crippen MR) is 117 cm³/mol. The van der Waals surface area contributed by atoms with Crippen LogP contribution in [0.15, 0.2) is 36.5 Å². The average molecular weight is 406 g/mol. The van der Waals surface area contributed by atoms with Crippen LogP contribution in [0.2, 0.25) is 0 Å². The van der Waals surface area contributed by atoms with Crippen LogP contribution in [0.1, 0.15) is 57.1 Å². The summed E-state index contributed by atoms with van der Waals surface area (Å²) in [6.07, 6.45) is 1.67. The molecule has 0 aliphatic heterocycles. The van der Waals surface area contributed by atoms with E-state index in [0.717, 1.165) is 16.7 Å². The van der Waals surface area contributed by atoms with E-state index in [0.29, 0.717) is 28.5 Å². The Kier molecular flexibility index (Phi) is 6.01. The van der Waals surface area contributed by atoms with Crippen molar-refractivity contribution in [3.63, 3.8) is 0 Å². The maximum Gasteiger partial charge on any atom is 0.274 e. The zero-order chi connectivity index (χ0) is 22.0. The number of benzene rings is 1. The summed E-state index contributed by atoms with van der Waals surface area (Å²) in [5.74, 6) is 0.0118. The Morgan fingerprint density at radius 2 is 1.73 bits per heavy atom. The topological polar surface area (TPSA) is 88.9 Å². The van der Waals surface area contributed by atoms with Gasteiger partial charge in [-0.1, -0.05) is 12.1 Å². The van der Waals surface area contributed by atoms with E-state index in [1.165, 1.54) is 4.68 Å². The van der Waals surface area contributed by atoms with Crippen molar-refractivity contribution in [3.8, 4) is 5.82 Å². The van der Waals surface area contributed by atoms with Gasteiger partial charge in [0.25, 0.3) is 11.8 Å². The van der Waals surface area contributed by atoms with E-state index in [2.05, 4.69) is 20.7 Å². The summed E-state index contributed by atoms with van der Waals surface area (Å²) < 4.78 is 1.54. The van der Waals surface area contributed by atoms with Crippen LogP contribution >= 0.6 is 0 Å². The summed E-state index contributed by atoms with van der Waals surface area (Å²) in [6, 6.07) is 9.17. The standard InChI is InChI=1S/C23H27N5O2/c1-13(2)25-22(29)18-11-14(3)10-16(5)20(18)26-23(30)19-12-17(6)27-28(19)21-15(4)8-7-9-24-21/h7-13H,1-6H3,(H,25,29)(H,26,30). The predicted octanol–water partition coefficient (Wildman–Crippen LogP) is 3.89. The van der Waals surface area contributed by atoms with Gasteiger partial charge in [0.1, 0.15) is 5.69 Å². The molecule has 2 heterocycles. The molecule has 2 aromatic heterocycles. The molecule has 0 aliphatic rings. The molecule has 1 aromatic carbocycles. The SMILES string of the molecule is Cc1cc(C)c(NC(=O)c2cc(C)nn2-c2ncccc2C)c(C(=O)NC(C)C)c1. The second-order valence-electron chi connectivity index (χ2n) is 7.81. The molecule has 0 saturated carbocycles. The minimum absolute atomic E-state index is 0.0157. The number of carbonyl (C=O) groups excluding carboxylic acids is 2. The van der Waals surface area contributed by atoms with Crippen molar-refractivity contribution < 1.29 is 9.59 Å². The van der Waals surface area contributed by atoms with Gasteiger partial charge in [0, 0.05) is 12.2 Å². The average Bonchev–Trinajstić information content (AvgIpc) is 3.05. The molecular weight excluding hydrogens is 378 g/mol. The first-order valence-corrected chi connectivity index (χ1v) is 9.89. The molecule has 0 spiro atoms. The van der Waals surface area contributed by atoms with E-state index in [4.69, 9.17) is 0 Å². The number of aromatic nitrogens is 3. The van der Waals surface area contributed by atoms with Gasteiger partial charge in [-0.15, -0.1) is 0 Å². The second kappa shape index (κ2) is 8.49. The smallest absolute Gasteiger partial charge is 0.274 e. The molecule has 0 fully saturated rings. The van der Waals surface area contributed by atoms with E-state index in [1.54, 1.807) is 18.3 Å². The number of amides is 2. The van der Waals surface area contributed by atoms with Gasteiger partial charge in [-0.3, -0.25) is 9.59 Å². The summed E-state index contributed by atoms with van der Waals surface area (Å²) in [4.78, 5) is 30.4. The Morgan fingerprint density at radius 1 is 1.00 bits per heavy atom. The number of carbonyl (C=O) groups is 2. The molecule has 2 N–H and O–H groups in total. The highest BCUT2D eigenvalue weighted by molar-refractivity contribution is 6.09. The van der Waals surface area contributed by atoms with Crippen LogP contribution in [0, 0.1) is 27.7 Å². The third kappa shape index (κ3) is 4.40. The normalized spacial score (nSPS) is 10.9. The van der Waals surface area contributed by atoms with Crippen molar-refractivity contribution in [2.75, 3.05) is 5.32 Å². The van der Waals surface area contributed by atoms with Gasteiger partial charge >= 0.3 is 0 Å². The molecule has 7 heteroatoms. The Labute approximate surface area is 176 Å². The highest BCUT2D eigenvalue weighted by atomic mass is 16.2. The van der Waals surface area contributed by atoms with E-state index >= 15 is 0 Å². The van der Waals surface area contributed by atoms with Crippen LogP contribution in [0.4, 0.5) is 5.69 Å². The summed E-state index contributed by atoms with van der Waals surface area (Å²) in [6.45, 7) is 11.3. The first kappa shape index (κ1) is 21.2. The molecule has 3 aromatic rings. The van der Waals surface area contributed by atoms with Gasteiger partial charge in [-0.25, -0.2) is 9.67 Å². The Hall–Kier alpha value is -3.48. The summed E-state index contributed by atoms with van der Waals surface area (Å²) in [7, 11) is 0. The lowest BCUT2D eigenvalue weighted by Gasteiger charge is -2.17. The largest absolute Gasteiger partial charge is 0.350 e. The fourth-order valence-electron chi connectivity index (χ4n) is 3.35. The lowest BCUT2D eigenvalue weighted by Crippen LogP contribution is -2.31. The molecule has 2 amide bonds. The molecule has 3 rings (SSSR count). The maximum atomic E-state index is 13.2. The fraction of sp³-hybridized carbons (Fsp3) is 0.304. The zero-order valence-corrected chi connectivity index (χ0v) is 18.2. The number of aryl methyl sites for hydroxylation is 4.